The van der Waals surface area contributed by atoms with Gasteiger partial charge in [0.2, 0.25) is 5.91 Å². The number of nitrogens with zero attached hydrogens (tertiary/aromatic N) is 1. The molecular weight excluding hydrogens is 210 g/mol. The third kappa shape index (κ3) is 5.53. The van der Waals surface area contributed by atoms with Gasteiger partial charge in [-0.2, -0.15) is 0 Å². The molecule has 0 aliphatic rings. The van der Waals surface area contributed by atoms with Crippen LogP contribution in [0.2, 0.25) is 0 Å². The van der Waals surface area contributed by atoms with Crippen LogP contribution in [0.5, 0.6) is 0 Å². The summed E-state index contributed by atoms with van der Waals surface area (Å²) in [5.74, 6) is 0.260. The van der Waals surface area contributed by atoms with Crippen molar-refractivity contribution in [2.24, 2.45) is 5.92 Å². The van der Waals surface area contributed by atoms with E-state index in [0.29, 0.717) is 6.54 Å². The Morgan fingerprint density at radius 1 is 1.18 bits per heavy atom. The molecule has 0 aromatic heterocycles. The zero-order valence-electron chi connectivity index (χ0n) is 11.9. The maximum atomic E-state index is 11.6. The zero-order chi connectivity index (χ0) is 13.4. The van der Waals surface area contributed by atoms with Gasteiger partial charge in [-0.1, -0.05) is 57.5 Å². The molecule has 0 unspecified atom stereocenters. The Kier molecular flexibility index (Phi) is 7.27. The second-order valence-electron chi connectivity index (χ2n) is 4.33. The predicted octanol–water partition coefficient (Wildman–Crippen LogP) is 3.64. The molecule has 96 valence electrons. The van der Waals surface area contributed by atoms with E-state index in [2.05, 4.69) is 31.2 Å². The van der Waals surface area contributed by atoms with Crippen molar-refractivity contribution in [2.45, 2.75) is 41.2 Å². The molecular formula is C15H25NO. The Hall–Kier alpha value is -1.31. The summed E-state index contributed by atoms with van der Waals surface area (Å²) in [6, 6.07) is 8.28. The highest BCUT2D eigenvalue weighted by Crippen LogP contribution is 2.08. The van der Waals surface area contributed by atoms with Crippen molar-refractivity contribution in [3.63, 3.8) is 0 Å². The van der Waals surface area contributed by atoms with Crippen LogP contribution in [0.15, 0.2) is 24.3 Å². The first kappa shape index (κ1) is 15.7. The fourth-order valence-electron chi connectivity index (χ4n) is 1.49. The number of aryl methyl sites for hydroxylation is 1. The highest BCUT2D eigenvalue weighted by molar-refractivity contribution is 5.77. The Bertz CT molecular complexity index is 327. The molecule has 0 fully saturated rings. The summed E-state index contributed by atoms with van der Waals surface area (Å²) >= 11 is 0. The van der Waals surface area contributed by atoms with Crippen molar-refractivity contribution in [1.29, 1.82) is 0 Å². The standard InChI is InChI=1S/C13H19NO.C2H6/c1-10(2)13(15)14(4)9-12-7-5-11(3)6-8-12;1-2/h5-8,10H,9H2,1-4H3;1-2H3. The van der Waals surface area contributed by atoms with Crippen LogP contribution in [-0.2, 0) is 11.3 Å². The van der Waals surface area contributed by atoms with E-state index >= 15 is 0 Å². The van der Waals surface area contributed by atoms with Gasteiger partial charge in [0.1, 0.15) is 0 Å². The van der Waals surface area contributed by atoms with Crippen molar-refractivity contribution < 1.29 is 4.79 Å². The number of hydrogen-bond acceptors (Lipinski definition) is 1. The molecule has 0 heterocycles. The van der Waals surface area contributed by atoms with Gasteiger partial charge >= 0.3 is 0 Å². The highest BCUT2D eigenvalue weighted by atomic mass is 16.2. The average molecular weight is 235 g/mol. The van der Waals surface area contributed by atoms with E-state index in [0.717, 1.165) is 0 Å². The number of carbonyl (C=O) groups excluding carboxylic acids is 1. The minimum atomic E-state index is 0.0699. The molecule has 1 aromatic carbocycles. The molecule has 1 rings (SSSR count). The molecule has 0 aliphatic heterocycles. The third-order valence-corrected chi connectivity index (χ3v) is 2.41. The first-order chi connectivity index (χ1) is 8.00. The van der Waals surface area contributed by atoms with E-state index in [1.54, 1.807) is 4.90 Å². The van der Waals surface area contributed by atoms with Gasteiger partial charge in [0, 0.05) is 19.5 Å². The summed E-state index contributed by atoms with van der Waals surface area (Å²) < 4.78 is 0. The topological polar surface area (TPSA) is 20.3 Å². The average Bonchev–Trinajstić information content (AvgIpc) is 2.33. The molecule has 0 saturated carbocycles. The maximum absolute atomic E-state index is 11.6. The van der Waals surface area contributed by atoms with Gasteiger partial charge in [-0.05, 0) is 12.5 Å². The summed E-state index contributed by atoms with van der Waals surface area (Å²) in [6.07, 6.45) is 0. The van der Waals surface area contributed by atoms with E-state index < -0.39 is 0 Å². The van der Waals surface area contributed by atoms with Crippen molar-refractivity contribution in [3.8, 4) is 0 Å². The second kappa shape index (κ2) is 7.88. The van der Waals surface area contributed by atoms with Gasteiger partial charge in [-0.3, -0.25) is 4.79 Å². The van der Waals surface area contributed by atoms with Crippen LogP contribution in [0.25, 0.3) is 0 Å². The Balaban J connectivity index is 0.00000121. The van der Waals surface area contributed by atoms with Gasteiger partial charge in [-0.15, -0.1) is 0 Å². The minimum Gasteiger partial charge on any atom is -0.341 e. The van der Waals surface area contributed by atoms with Gasteiger partial charge in [0.25, 0.3) is 0 Å². The summed E-state index contributed by atoms with van der Waals surface area (Å²) in [6.45, 7) is 10.6. The number of carbonyl (C=O) groups is 1. The van der Waals surface area contributed by atoms with Crippen LogP contribution in [0.1, 0.15) is 38.8 Å². The van der Waals surface area contributed by atoms with Gasteiger partial charge in [-0.25, -0.2) is 0 Å². The lowest BCUT2D eigenvalue weighted by atomic mass is 10.1. The zero-order valence-corrected chi connectivity index (χ0v) is 11.9. The first-order valence-corrected chi connectivity index (χ1v) is 6.31. The lowest BCUT2D eigenvalue weighted by molar-refractivity contribution is -0.133. The lowest BCUT2D eigenvalue weighted by Crippen LogP contribution is -2.29. The molecule has 0 radical (unpaired) electrons. The van der Waals surface area contributed by atoms with Crippen molar-refractivity contribution in [2.75, 3.05) is 7.05 Å². The smallest absolute Gasteiger partial charge is 0.225 e. The van der Waals surface area contributed by atoms with Crippen molar-refractivity contribution >= 4 is 5.91 Å². The van der Waals surface area contributed by atoms with E-state index in [4.69, 9.17) is 0 Å². The Labute approximate surface area is 106 Å². The Morgan fingerprint density at radius 2 is 1.65 bits per heavy atom. The SMILES string of the molecule is CC.Cc1ccc(CN(C)C(=O)C(C)C)cc1. The van der Waals surface area contributed by atoms with Crippen LogP contribution in [-0.4, -0.2) is 17.9 Å². The largest absolute Gasteiger partial charge is 0.341 e. The molecule has 2 heteroatoms. The quantitative estimate of drug-likeness (QED) is 0.783. The van der Waals surface area contributed by atoms with E-state index in [1.807, 2.05) is 34.7 Å². The van der Waals surface area contributed by atoms with Crippen LogP contribution in [0, 0.1) is 12.8 Å². The van der Waals surface area contributed by atoms with Gasteiger partial charge in [0.05, 0.1) is 0 Å². The third-order valence-electron chi connectivity index (χ3n) is 2.41. The fraction of sp³-hybridized carbons (Fsp3) is 0.533. The highest BCUT2D eigenvalue weighted by Gasteiger charge is 2.12. The number of benzene rings is 1. The van der Waals surface area contributed by atoms with Crippen LogP contribution < -0.4 is 0 Å². The van der Waals surface area contributed by atoms with Crippen LogP contribution >= 0.6 is 0 Å². The normalized spacial score (nSPS) is 9.59. The molecule has 1 aromatic rings. The molecule has 0 aliphatic carbocycles. The van der Waals surface area contributed by atoms with E-state index in [-0.39, 0.29) is 11.8 Å². The first-order valence-electron chi connectivity index (χ1n) is 6.31. The molecule has 0 saturated heterocycles. The molecule has 1 amide bonds. The fourth-order valence-corrected chi connectivity index (χ4v) is 1.49. The van der Waals surface area contributed by atoms with Crippen molar-refractivity contribution in [1.82, 2.24) is 4.90 Å². The van der Waals surface area contributed by atoms with Crippen molar-refractivity contribution in [3.05, 3.63) is 35.4 Å². The predicted molar refractivity (Wildman–Crippen MR) is 73.8 cm³/mol. The molecule has 0 N–H and O–H groups in total. The molecule has 17 heavy (non-hydrogen) atoms. The lowest BCUT2D eigenvalue weighted by Gasteiger charge is -2.19. The number of amides is 1. The molecule has 2 nitrogen and oxygen atoms in total. The van der Waals surface area contributed by atoms with E-state index in [1.165, 1.54) is 11.1 Å². The number of rotatable bonds is 3. The molecule has 0 spiro atoms. The number of hydrogen-bond donors (Lipinski definition) is 0. The maximum Gasteiger partial charge on any atom is 0.225 e. The van der Waals surface area contributed by atoms with Gasteiger partial charge in [0.15, 0.2) is 0 Å². The summed E-state index contributed by atoms with van der Waals surface area (Å²) in [5.41, 5.74) is 2.42. The van der Waals surface area contributed by atoms with Crippen LogP contribution in [0.4, 0.5) is 0 Å². The summed E-state index contributed by atoms with van der Waals surface area (Å²) in [4.78, 5) is 13.4. The molecule has 0 bridgehead atoms. The monoisotopic (exact) mass is 235 g/mol. The van der Waals surface area contributed by atoms with Gasteiger partial charge < -0.3 is 4.90 Å². The Morgan fingerprint density at radius 3 is 2.06 bits per heavy atom. The summed E-state index contributed by atoms with van der Waals surface area (Å²) in [7, 11) is 1.85. The summed E-state index contributed by atoms with van der Waals surface area (Å²) in [5, 5.41) is 0. The van der Waals surface area contributed by atoms with Crippen LogP contribution in [0.3, 0.4) is 0 Å². The minimum absolute atomic E-state index is 0.0699. The molecule has 0 atom stereocenters. The second-order valence-corrected chi connectivity index (χ2v) is 4.33. The van der Waals surface area contributed by atoms with E-state index in [9.17, 15) is 4.79 Å².